The summed E-state index contributed by atoms with van der Waals surface area (Å²) in [4.78, 5) is 0. The van der Waals surface area contributed by atoms with Crippen LogP contribution >= 0.6 is 0 Å². The van der Waals surface area contributed by atoms with Crippen LogP contribution in [0.2, 0.25) is 0 Å². The van der Waals surface area contributed by atoms with Crippen LogP contribution < -0.4 is 10.6 Å². The van der Waals surface area contributed by atoms with Gasteiger partial charge in [0.05, 0.1) is 12.8 Å². The average molecular weight is 192 g/mol. The van der Waals surface area contributed by atoms with Crippen LogP contribution in [0.5, 0.6) is 0 Å². The van der Waals surface area contributed by atoms with Gasteiger partial charge in [-0.05, 0) is 5.56 Å². The van der Waals surface area contributed by atoms with E-state index in [1.807, 2.05) is 6.07 Å². The molecule has 1 aliphatic heterocycles. The Hall–Kier alpha value is -0.900. The lowest BCUT2D eigenvalue weighted by Crippen LogP contribution is -2.29. The van der Waals surface area contributed by atoms with E-state index >= 15 is 0 Å². The predicted molar refractivity (Wildman–Crippen MR) is 55.9 cm³/mol. The Labute approximate surface area is 84.5 Å². The fourth-order valence-corrected chi connectivity index (χ4v) is 1.56. The second kappa shape index (κ2) is 5.10. The Balaban J connectivity index is 1.67. The van der Waals surface area contributed by atoms with Crippen molar-refractivity contribution in [3.63, 3.8) is 0 Å². The van der Waals surface area contributed by atoms with E-state index in [-0.39, 0.29) is 0 Å². The number of hydrogen-bond donors (Lipinski definition) is 2. The number of benzene rings is 1. The van der Waals surface area contributed by atoms with Gasteiger partial charge in [-0.1, -0.05) is 30.3 Å². The SMILES string of the molecule is c1ccc(CNCC2CNCO2)cc1. The van der Waals surface area contributed by atoms with Crippen molar-refractivity contribution >= 4 is 0 Å². The van der Waals surface area contributed by atoms with Crippen LogP contribution in [0, 0.1) is 0 Å². The molecule has 0 saturated carbocycles. The summed E-state index contributed by atoms with van der Waals surface area (Å²) in [6.45, 7) is 3.49. The van der Waals surface area contributed by atoms with Gasteiger partial charge in [0, 0.05) is 19.6 Å². The van der Waals surface area contributed by atoms with E-state index in [9.17, 15) is 0 Å². The molecule has 76 valence electrons. The molecule has 1 aliphatic rings. The first-order chi connectivity index (χ1) is 6.95. The van der Waals surface area contributed by atoms with E-state index in [0.717, 1.165) is 19.6 Å². The first-order valence-corrected chi connectivity index (χ1v) is 5.02. The standard InChI is InChI=1S/C11H16N2O/c1-2-4-10(5-3-1)6-12-7-11-8-13-9-14-11/h1-5,11-13H,6-9H2. The predicted octanol–water partition coefficient (Wildman–Crippen LogP) is 0.722. The smallest absolute Gasteiger partial charge is 0.0971 e. The first kappa shape index (κ1) is 9.65. The van der Waals surface area contributed by atoms with E-state index < -0.39 is 0 Å². The molecule has 0 radical (unpaired) electrons. The Morgan fingerprint density at radius 1 is 1.36 bits per heavy atom. The zero-order chi connectivity index (χ0) is 9.64. The highest BCUT2D eigenvalue weighted by atomic mass is 16.5. The second-order valence-electron chi connectivity index (χ2n) is 3.50. The van der Waals surface area contributed by atoms with E-state index in [2.05, 4.69) is 34.9 Å². The highest BCUT2D eigenvalue weighted by Crippen LogP contribution is 1.99. The number of ether oxygens (including phenoxy) is 1. The van der Waals surface area contributed by atoms with Crippen molar-refractivity contribution in [1.29, 1.82) is 0 Å². The third-order valence-corrected chi connectivity index (χ3v) is 2.34. The molecular weight excluding hydrogens is 176 g/mol. The van der Waals surface area contributed by atoms with Gasteiger partial charge in [0.1, 0.15) is 0 Å². The van der Waals surface area contributed by atoms with Gasteiger partial charge < -0.3 is 10.1 Å². The highest BCUT2D eigenvalue weighted by molar-refractivity contribution is 5.14. The molecule has 0 aromatic heterocycles. The normalized spacial score (nSPS) is 21.3. The van der Waals surface area contributed by atoms with Crippen LogP contribution in [0.4, 0.5) is 0 Å². The van der Waals surface area contributed by atoms with Crippen molar-refractivity contribution in [3.05, 3.63) is 35.9 Å². The fourth-order valence-electron chi connectivity index (χ4n) is 1.56. The molecule has 0 amide bonds. The van der Waals surface area contributed by atoms with Gasteiger partial charge in [0.25, 0.3) is 0 Å². The second-order valence-corrected chi connectivity index (χ2v) is 3.50. The molecule has 14 heavy (non-hydrogen) atoms. The molecule has 1 atom stereocenters. The fraction of sp³-hybridized carbons (Fsp3) is 0.455. The van der Waals surface area contributed by atoms with Crippen molar-refractivity contribution in [2.24, 2.45) is 0 Å². The van der Waals surface area contributed by atoms with Gasteiger partial charge in [-0.2, -0.15) is 0 Å². The van der Waals surface area contributed by atoms with Crippen LogP contribution in [-0.2, 0) is 11.3 Å². The molecule has 2 rings (SSSR count). The summed E-state index contributed by atoms with van der Waals surface area (Å²) >= 11 is 0. The minimum Gasteiger partial charge on any atom is -0.360 e. The van der Waals surface area contributed by atoms with Gasteiger partial charge in [-0.15, -0.1) is 0 Å². The van der Waals surface area contributed by atoms with Crippen LogP contribution in [-0.4, -0.2) is 25.9 Å². The van der Waals surface area contributed by atoms with Crippen molar-refractivity contribution in [2.75, 3.05) is 19.8 Å². The lowest BCUT2D eigenvalue weighted by atomic mass is 10.2. The lowest BCUT2D eigenvalue weighted by Gasteiger charge is -2.09. The van der Waals surface area contributed by atoms with E-state index in [4.69, 9.17) is 4.74 Å². The van der Waals surface area contributed by atoms with Crippen molar-refractivity contribution in [2.45, 2.75) is 12.6 Å². The molecule has 1 unspecified atom stereocenters. The monoisotopic (exact) mass is 192 g/mol. The third kappa shape index (κ3) is 2.80. The van der Waals surface area contributed by atoms with Crippen LogP contribution in [0.25, 0.3) is 0 Å². The Morgan fingerprint density at radius 2 is 2.21 bits per heavy atom. The largest absolute Gasteiger partial charge is 0.360 e. The number of nitrogens with one attached hydrogen (secondary N) is 2. The topological polar surface area (TPSA) is 33.3 Å². The summed E-state index contributed by atoms with van der Waals surface area (Å²) < 4.78 is 5.42. The van der Waals surface area contributed by atoms with Crippen molar-refractivity contribution in [1.82, 2.24) is 10.6 Å². The molecule has 0 spiro atoms. The summed E-state index contributed by atoms with van der Waals surface area (Å²) in [6.07, 6.45) is 0.332. The van der Waals surface area contributed by atoms with Gasteiger partial charge in [0.15, 0.2) is 0 Å². The summed E-state index contributed by atoms with van der Waals surface area (Å²) in [5.41, 5.74) is 1.32. The molecule has 0 aliphatic carbocycles. The zero-order valence-electron chi connectivity index (χ0n) is 8.20. The first-order valence-electron chi connectivity index (χ1n) is 5.02. The van der Waals surface area contributed by atoms with Crippen molar-refractivity contribution in [3.8, 4) is 0 Å². The highest BCUT2D eigenvalue weighted by Gasteiger charge is 2.13. The van der Waals surface area contributed by atoms with Gasteiger partial charge in [0.2, 0.25) is 0 Å². The maximum atomic E-state index is 5.42. The molecule has 0 bridgehead atoms. The van der Waals surface area contributed by atoms with Gasteiger partial charge in [-0.25, -0.2) is 0 Å². The Morgan fingerprint density at radius 3 is 2.93 bits per heavy atom. The van der Waals surface area contributed by atoms with E-state index in [0.29, 0.717) is 12.8 Å². The summed E-state index contributed by atoms with van der Waals surface area (Å²) in [7, 11) is 0. The number of hydrogen-bond acceptors (Lipinski definition) is 3. The molecule has 1 heterocycles. The quantitative estimate of drug-likeness (QED) is 0.737. The molecule has 1 fully saturated rings. The molecule has 1 aromatic rings. The lowest BCUT2D eigenvalue weighted by molar-refractivity contribution is 0.112. The Kier molecular flexibility index (Phi) is 3.51. The van der Waals surface area contributed by atoms with Gasteiger partial charge in [-0.3, -0.25) is 5.32 Å². The van der Waals surface area contributed by atoms with Crippen LogP contribution in [0.1, 0.15) is 5.56 Å². The molecule has 1 aromatic carbocycles. The maximum Gasteiger partial charge on any atom is 0.0971 e. The molecule has 1 saturated heterocycles. The molecule has 3 nitrogen and oxygen atoms in total. The average Bonchev–Trinajstić information content (AvgIpc) is 2.72. The van der Waals surface area contributed by atoms with Crippen molar-refractivity contribution < 1.29 is 4.74 Å². The molecule has 3 heteroatoms. The zero-order valence-corrected chi connectivity index (χ0v) is 8.20. The molecule has 2 N–H and O–H groups in total. The molecular formula is C11H16N2O. The van der Waals surface area contributed by atoms with Crippen LogP contribution in [0.15, 0.2) is 30.3 Å². The van der Waals surface area contributed by atoms with Gasteiger partial charge >= 0.3 is 0 Å². The van der Waals surface area contributed by atoms with E-state index in [1.165, 1.54) is 5.56 Å². The maximum absolute atomic E-state index is 5.42. The summed E-state index contributed by atoms with van der Waals surface area (Å²) in [6, 6.07) is 10.4. The minimum absolute atomic E-state index is 0.332. The number of rotatable bonds is 4. The minimum atomic E-state index is 0.332. The Bertz CT molecular complexity index is 257. The van der Waals surface area contributed by atoms with E-state index in [1.54, 1.807) is 0 Å². The summed E-state index contributed by atoms with van der Waals surface area (Å²) in [5.74, 6) is 0. The third-order valence-electron chi connectivity index (χ3n) is 2.34. The summed E-state index contributed by atoms with van der Waals surface area (Å²) in [5, 5.41) is 6.54. The van der Waals surface area contributed by atoms with Crippen LogP contribution in [0.3, 0.4) is 0 Å².